The summed E-state index contributed by atoms with van der Waals surface area (Å²) in [7, 11) is 0. The molecule has 5 aliphatic rings. The first-order valence-corrected chi connectivity index (χ1v) is 14.5. The minimum atomic E-state index is -0.148. The third-order valence-electron chi connectivity index (χ3n) is 8.42. The molecule has 0 unspecified atom stereocenters. The van der Waals surface area contributed by atoms with Crippen molar-refractivity contribution in [2.45, 2.75) is 66.7 Å². The van der Waals surface area contributed by atoms with Crippen LogP contribution in [0.15, 0.2) is 44.6 Å². The van der Waals surface area contributed by atoms with E-state index in [9.17, 15) is 4.79 Å². The monoisotopic (exact) mass is 511 g/mol. The molecule has 4 bridgehead atoms. The van der Waals surface area contributed by atoms with Crippen molar-refractivity contribution in [3.63, 3.8) is 0 Å². The van der Waals surface area contributed by atoms with Gasteiger partial charge in [-0.05, 0) is 93.0 Å². The van der Waals surface area contributed by atoms with Gasteiger partial charge in [0.25, 0.3) is 11.8 Å². The zero-order chi connectivity index (χ0) is 24.4. The molecular formula is C28H37N3O4S. The van der Waals surface area contributed by atoms with Crippen LogP contribution < -0.4 is 10.1 Å². The number of morpholine rings is 1. The van der Waals surface area contributed by atoms with Gasteiger partial charge in [0.2, 0.25) is 5.76 Å². The molecule has 194 valence electrons. The first-order chi connectivity index (χ1) is 17.7. The topological polar surface area (TPSA) is 76.8 Å². The smallest absolute Gasteiger partial charge is 0.291 e. The Morgan fingerprint density at radius 1 is 1.06 bits per heavy atom. The second kappa shape index (κ2) is 10.8. The Morgan fingerprint density at radius 2 is 1.75 bits per heavy atom. The number of hydrogen-bond acceptors (Lipinski definition) is 7. The summed E-state index contributed by atoms with van der Waals surface area (Å²) in [5.74, 6) is 2.85. The molecule has 0 atom stereocenters. The van der Waals surface area contributed by atoms with Crippen LogP contribution in [0.4, 0.5) is 0 Å². The molecule has 7 nitrogen and oxygen atoms in total. The van der Waals surface area contributed by atoms with Gasteiger partial charge in [-0.25, -0.2) is 0 Å². The van der Waals surface area contributed by atoms with E-state index in [-0.39, 0.29) is 17.2 Å². The third-order valence-corrected chi connectivity index (χ3v) is 9.49. The van der Waals surface area contributed by atoms with Crippen molar-refractivity contribution in [3.8, 4) is 5.88 Å². The van der Waals surface area contributed by atoms with Crippen molar-refractivity contribution in [2.24, 2.45) is 17.8 Å². The minimum absolute atomic E-state index is 0.0756. The van der Waals surface area contributed by atoms with E-state index in [1.165, 1.54) is 31.0 Å². The molecule has 1 aromatic carbocycles. The second-order valence-electron chi connectivity index (χ2n) is 11.2. The molecule has 5 fully saturated rings. The fourth-order valence-corrected chi connectivity index (χ4v) is 8.13. The van der Waals surface area contributed by atoms with Gasteiger partial charge in [0.05, 0.1) is 19.8 Å². The molecule has 1 aromatic heterocycles. The van der Waals surface area contributed by atoms with Crippen molar-refractivity contribution >= 4 is 17.7 Å². The predicted molar refractivity (Wildman–Crippen MR) is 137 cm³/mol. The van der Waals surface area contributed by atoms with E-state index >= 15 is 0 Å². The highest BCUT2D eigenvalue weighted by atomic mass is 32.2. The van der Waals surface area contributed by atoms with Gasteiger partial charge in [0.1, 0.15) is 4.90 Å². The summed E-state index contributed by atoms with van der Waals surface area (Å²) in [4.78, 5) is 17.7. The lowest BCUT2D eigenvalue weighted by molar-refractivity contribution is -0.0173. The molecule has 1 aliphatic heterocycles. The van der Waals surface area contributed by atoms with Crippen molar-refractivity contribution < 1.29 is 18.8 Å². The maximum Gasteiger partial charge on any atom is 0.291 e. The SMILES string of the molecule is O=C(NC12CC3CC(CC(C3)C1)C2)c1onc(OCCCCN2CCOCC2)c1Sc1ccccc1. The minimum Gasteiger partial charge on any atom is -0.475 e. The lowest BCUT2D eigenvalue weighted by Crippen LogP contribution is -2.59. The summed E-state index contributed by atoms with van der Waals surface area (Å²) < 4.78 is 17.2. The lowest BCUT2D eigenvalue weighted by Gasteiger charge is -2.56. The van der Waals surface area contributed by atoms with Crippen molar-refractivity contribution in [1.82, 2.24) is 15.4 Å². The summed E-state index contributed by atoms with van der Waals surface area (Å²) in [6.07, 6.45) is 9.32. The molecule has 36 heavy (non-hydrogen) atoms. The van der Waals surface area contributed by atoms with E-state index in [1.54, 1.807) is 0 Å². The van der Waals surface area contributed by atoms with E-state index in [2.05, 4.69) is 15.4 Å². The Morgan fingerprint density at radius 3 is 2.44 bits per heavy atom. The molecule has 4 aliphatic carbocycles. The van der Waals surface area contributed by atoms with Crippen LogP contribution in [0.3, 0.4) is 0 Å². The van der Waals surface area contributed by atoms with Crippen molar-refractivity contribution in [1.29, 1.82) is 0 Å². The number of nitrogens with one attached hydrogen (secondary N) is 1. The number of ether oxygens (including phenoxy) is 2. The summed E-state index contributed by atoms with van der Waals surface area (Å²) in [5, 5.41) is 7.65. The Balaban J connectivity index is 1.12. The van der Waals surface area contributed by atoms with Crippen LogP contribution in [0.1, 0.15) is 61.9 Å². The number of unbranched alkanes of at least 4 members (excludes halogenated alkanes) is 1. The Labute approximate surface area is 217 Å². The van der Waals surface area contributed by atoms with Gasteiger partial charge in [0, 0.05) is 23.5 Å². The fraction of sp³-hybridized carbons (Fsp3) is 0.643. The van der Waals surface area contributed by atoms with Crippen LogP contribution in [0, 0.1) is 17.8 Å². The van der Waals surface area contributed by atoms with Crippen LogP contribution in [0.5, 0.6) is 5.88 Å². The van der Waals surface area contributed by atoms with Crippen molar-refractivity contribution in [2.75, 3.05) is 39.5 Å². The first-order valence-electron chi connectivity index (χ1n) is 13.6. The van der Waals surface area contributed by atoms with Crippen LogP contribution in [0.2, 0.25) is 0 Å². The lowest BCUT2D eigenvalue weighted by atomic mass is 9.53. The number of aromatic nitrogens is 1. The highest BCUT2D eigenvalue weighted by Crippen LogP contribution is 2.55. The highest BCUT2D eigenvalue weighted by Gasteiger charge is 2.52. The molecule has 4 saturated carbocycles. The van der Waals surface area contributed by atoms with Gasteiger partial charge in [-0.1, -0.05) is 30.0 Å². The third kappa shape index (κ3) is 5.46. The molecular weight excluding hydrogens is 474 g/mol. The summed E-state index contributed by atoms with van der Waals surface area (Å²) in [6, 6.07) is 10.0. The van der Waals surface area contributed by atoms with Crippen LogP contribution in [-0.4, -0.2) is 61.0 Å². The molecule has 8 heteroatoms. The molecule has 1 amide bonds. The molecule has 0 spiro atoms. The number of hydrogen-bond donors (Lipinski definition) is 1. The number of carbonyl (C=O) groups excluding carboxylic acids is 1. The summed E-state index contributed by atoms with van der Waals surface area (Å²) >= 11 is 1.49. The normalized spacial score (nSPS) is 29.4. The first kappa shape index (κ1) is 24.3. The van der Waals surface area contributed by atoms with E-state index in [0.717, 1.165) is 87.6 Å². The van der Waals surface area contributed by atoms with E-state index in [0.29, 0.717) is 17.4 Å². The summed E-state index contributed by atoms with van der Waals surface area (Å²) in [5.41, 5.74) is -0.0756. The molecule has 2 aromatic rings. The van der Waals surface area contributed by atoms with E-state index < -0.39 is 0 Å². The highest BCUT2D eigenvalue weighted by molar-refractivity contribution is 7.99. The standard InChI is InChI=1S/C28H37N3O4S/c32-26(29-28-17-20-14-21(18-28)16-22(15-20)19-28)24-25(36-23-6-2-1-3-7-23)27(30-35-24)34-11-5-4-8-31-9-12-33-13-10-31/h1-3,6-7,20-22H,4-5,8-19H2,(H,29,32). The molecule has 7 rings (SSSR count). The number of rotatable bonds is 10. The zero-order valence-corrected chi connectivity index (χ0v) is 21.8. The van der Waals surface area contributed by atoms with Crippen LogP contribution >= 0.6 is 11.8 Å². The van der Waals surface area contributed by atoms with Gasteiger partial charge >= 0.3 is 0 Å². The Kier molecular flexibility index (Phi) is 7.27. The molecule has 1 saturated heterocycles. The van der Waals surface area contributed by atoms with Crippen LogP contribution in [-0.2, 0) is 4.74 Å². The van der Waals surface area contributed by atoms with Gasteiger partial charge in [-0.2, -0.15) is 0 Å². The molecule has 2 heterocycles. The number of amides is 1. The number of benzene rings is 1. The zero-order valence-electron chi connectivity index (χ0n) is 21.0. The average Bonchev–Trinajstić information content (AvgIpc) is 3.26. The Hall–Kier alpha value is -2.03. The fourth-order valence-electron chi connectivity index (χ4n) is 7.19. The largest absolute Gasteiger partial charge is 0.475 e. The quantitative estimate of drug-likeness (QED) is 0.449. The second-order valence-corrected chi connectivity index (χ2v) is 12.3. The maximum absolute atomic E-state index is 13.6. The van der Waals surface area contributed by atoms with E-state index in [4.69, 9.17) is 14.0 Å². The van der Waals surface area contributed by atoms with Gasteiger partial charge < -0.3 is 19.3 Å². The van der Waals surface area contributed by atoms with E-state index in [1.807, 2.05) is 30.3 Å². The Bertz CT molecular complexity index is 1000. The number of carbonyl (C=O) groups is 1. The average molecular weight is 512 g/mol. The van der Waals surface area contributed by atoms with Crippen LogP contribution in [0.25, 0.3) is 0 Å². The van der Waals surface area contributed by atoms with Crippen molar-refractivity contribution in [3.05, 3.63) is 36.1 Å². The predicted octanol–water partition coefficient (Wildman–Crippen LogP) is 5.02. The van der Waals surface area contributed by atoms with Gasteiger partial charge in [-0.3, -0.25) is 9.69 Å². The maximum atomic E-state index is 13.6. The molecule has 1 N–H and O–H groups in total. The summed E-state index contributed by atoms with van der Waals surface area (Å²) in [6.45, 7) is 5.26. The number of nitrogens with zero attached hydrogens (tertiary/aromatic N) is 2. The van der Waals surface area contributed by atoms with Gasteiger partial charge in [-0.15, -0.1) is 0 Å². The van der Waals surface area contributed by atoms with Gasteiger partial charge in [0.15, 0.2) is 0 Å². The molecule has 0 radical (unpaired) electrons.